The SMILES string of the molecule is CC(=O)NC1=CC(=[N+](c2ccc(C)cc2)c2ccc(C)cc2)C=CC1C1C(=O)C(c2ccc(N(c3ccc(C)cc3)c3ccc(C)cc3)cc2NC(C)=O)=C1O. The van der Waals surface area contributed by atoms with Crippen molar-refractivity contribution in [3.8, 4) is 0 Å². The van der Waals surface area contributed by atoms with E-state index in [1.54, 1.807) is 6.07 Å². The first-order chi connectivity index (χ1) is 26.9. The van der Waals surface area contributed by atoms with E-state index in [1.165, 1.54) is 13.8 Å². The molecule has 2 aliphatic rings. The van der Waals surface area contributed by atoms with E-state index in [0.717, 1.165) is 56.4 Å². The van der Waals surface area contributed by atoms with Gasteiger partial charge in [-0.2, -0.15) is 4.58 Å². The van der Waals surface area contributed by atoms with Crippen molar-refractivity contribution < 1.29 is 19.5 Å². The highest BCUT2D eigenvalue weighted by atomic mass is 16.3. The lowest BCUT2D eigenvalue weighted by molar-refractivity contribution is -0.121. The summed E-state index contributed by atoms with van der Waals surface area (Å²) in [4.78, 5) is 41.5. The number of aliphatic hydroxyl groups excluding tert-OH is 1. The number of allylic oxidation sites excluding steroid dienone is 5. The number of aliphatic hydroxyl groups is 1. The molecule has 0 saturated heterocycles. The van der Waals surface area contributed by atoms with Gasteiger partial charge in [-0.15, -0.1) is 0 Å². The highest BCUT2D eigenvalue weighted by Crippen LogP contribution is 2.47. The Kier molecular flexibility index (Phi) is 10.4. The van der Waals surface area contributed by atoms with E-state index in [1.807, 2.05) is 155 Å². The normalized spacial score (nSPS) is 16.2. The number of hydrogen-bond acceptors (Lipinski definition) is 5. The summed E-state index contributed by atoms with van der Waals surface area (Å²) in [7, 11) is 0. The first-order valence-corrected chi connectivity index (χ1v) is 18.7. The second-order valence-corrected chi connectivity index (χ2v) is 14.6. The zero-order chi connectivity index (χ0) is 39.7. The molecule has 0 bridgehead atoms. The van der Waals surface area contributed by atoms with Gasteiger partial charge < -0.3 is 20.6 Å². The molecule has 8 nitrogen and oxygen atoms in total. The number of amides is 2. The van der Waals surface area contributed by atoms with Gasteiger partial charge in [-0.05, 0) is 70.2 Å². The van der Waals surface area contributed by atoms with E-state index in [-0.39, 0.29) is 28.9 Å². The number of benzene rings is 5. The molecule has 0 radical (unpaired) electrons. The molecule has 280 valence electrons. The Morgan fingerprint density at radius 1 is 0.643 bits per heavy atom. The van der Waals surface area contributed by atoms with Crippen molar-refractivity contribution in [1.29, 1.82) is 0 Å². The zero-order valence-electron chi connectivity index (χ0n) is 32.4. The Balaban J connectivity index is 1.29. The van der Waals surface area contributed by atoms with Crippen LogP contribution in [-0.2, 0) is 14.4 Å². The second kappa shape index (κ2) is 15.5. The van der Waals surface area contributed by atoms with E-state index >= 15 is 0 Å². The average Bonchev–Trinajstić information content (AvgIpc) is 3.16. The second-order valence-electron chi connectivity index (χ2n) is 14.6. The van der Waals surface area contributed by atoms with Gasteiger partial charge in [-0.25, -0.2) is 0 Å². The molecule has 3 N–H and O–H groups in total. The summed E-state index contributed by atoms with van der Waals surface area (Å²) < 4.78 is 2.09. The fourth-order valence-corrected chi connectivity index (χ4v) is 7.30. The summed E-state index contributed by atoms with van der Waals surface area (Å²) in [6.07, 6.45) is 5.66. The van der Waals surface area contributed by atoms with Crippen molar-refractivity contribution in [1.82, 2.24) is 9.89 Å². The Bertz CT molecular complexity index is 2380. The molecule has 2 unspecified atom stereocenters. The van der Waals surface area contributed by atoms with Crippen molar-refractivity contribution in [3.05, 3.63) is 173 Å². The van der Waals surface area contributed by atoms with E-state index in [0.29, 0.717) is 16.9 Å². The minimum absolute atomic E-state index is 0.105. The fourth-order valence-electron chi connectivity index (χ4n) is 7.30. The van der Waals surface area contributed by atoms with E-state index in [4.69, 9.17) is 0 Å². The van der Waals surface area contributed by atoms with Crippen molar-refractivity contribution in [2.24, 2.45) is 11.8 Å². The van der Waals surface area contributed by atoms with Crippen molar-refractivity contribution in [2.75, 3.05) is 10.2 Å². The molecule has 8 heteroatoms. The monoisotopic (exact) mass is 741 g/mol. The minimum Gasteiger partial charge on any atom is -0.511 e. The van der Waals surface area contributed by atoms with Crippen LogP contribution in [-0.4, -0.2) is 28.4 Å². The van der Waals surface area contributed by atoms with Crippen molar-refractivity contribution >= 4 is 63.0 Å². The van der Waals surface area contributed by atoms with Gasteiger partial charge >= 0.3 is 0 Å². The lowest BCUT2D eigenvalue weighted by atomic mass is 9.69. The molecule has 0 spiro atoms. The molecular formula is C48H45N4O4+. The quantitative estimate of drug-likeness (QED) is 0.131. The number of hydrogen-bond donors (Lipinski definition) is 3. The van der Waals surface area contributed by atoms with E-state index in [9.17, 15) is 19.5 Å². The molecule has 0 saturated carbocycles. The van der Waals surface area contributed by atoms with Gasteiger partial charge in [-0.3, -0.25) is 14.4 Å². The van der Waals surface area contributed by atoms with Crippen LogP contribution < -0.4 is 20.1 Å². The van der Waals surface area contributed by atoms with Crippen LogP contribution in [0.5, 0.6) is 0 Å². The number of Topliss-reactive ketones (excluding diaryl/α,β-unsaturated/α-hetero) is 1. The van der Waals surface area contributed by atoms with Gasteiger partial charge in [0.1, 0.15) is 5.76 Å². The maximum atomic E-state index is 14.3. The molecule has 0 aliphatic heterocycles. The first-order valence-electron chi connectivity index (χ1n) is 18.7. The highest BCUT2D eigenvalue weighted by Gasteiger charge is 2.47. The molecule has 7 rings (SSSR count). The molecule has 5 aromatic carbocycles. The average molecular weight is 742 g/mol. The minimum atomic E-state index is -0.936. The molecule has 2 atom stereocenters. The zero-order valence-corrected chi connectivity index (χ0v) is 32.4. The topological polar surface area (TPSA) is 102 Å². The first kappa shape index (κ1) is 37.5. The van der Waals surface area contributed by atoms with Crippen LogP contribution in [0, 0.1) is 39.5 Å². The van der Waals surface area contributed by atoms with E-state index < -0.39 is 11.8 Å². The van der Waals surface area contributed by atoms with Gasteiger partial charge in [0.25, 0.3) is 0 Å². The maximum absolute atomic E-state index is 14.3. The Hall–Kier alpha value is -6.80. The number of nitrogens with one attached hydrogen (secondary N) is 2. The summed E-state index contributed by atoms with van der Waals surface area (Å²) in [5.74, 6) is -2.58. The van der Waals surface area contributed by atoms with Crippen molar-refractivity contribution in [3.63, 3.8) is 0 Å². The number of rotatable bonds is 9. The molecule has 0 heterocycles. The molecule has 0 aromatic heterocycles. The number of nitrogens with zero attached hydrogens (tertiary/aromatic N) is 2. The van der Waals surface area contributed by atoms with Gasteiger partial charge in [0, 0.05) is 84.5 Å². The fraction of sp³-hybridized carbons (Fsp3) is 0.167. The van der Waals surface area contributed by atoms with Crippen LogP contribution in [0.2, 0.25) is 0 Å². The third-order valence-electron chi connectivity index (χ3n) is 10.2. The predicted molar refractivity (Wildman–Crippen MR) is 226 cm³/mol. The molecule has 2 aliphatic carbocycles. The smallest absolute Gasteiger partial charge is 0.221 e. The van der Waals surface area contributed by atoms with Gasteiger partial charge in [0.2, 0.25) is 28.9 Å². The van der Waals surface area contributed by atoms with Crippen LogP contribution in [0.1, 0.15) is 41.7 Å². The van der Waals surface area contributed by atoms with Gasteiger partial charge in [0.15, 0.2) is 5.78 Å². The van der Waals surface area contributed by atoms with Gasteiger partial charge in [0.05, 0.1) is 17.2 Å². The summed E-state index contributed by atoms with van der Waals surface area (Å²) >= 11 is 0. The third kappa shape index (κ3) is 7.59. The molecule has 56 heavy (non-hydrogen) atoms. The number of ketones is 1. The third-order valence-corrected chi connectivity index (χ3v) is 10.2. The number of aryl methyl sites for hydroxylation is 4. The van der Waals surface area contributed by atoms with Crippen LogP contribution in [0.25, 0.3) is 5.57 Å². The van der Waals surface area contributed by atoms with Crippen molar-refractivity contribution in [2.45, 2.75) is 41.5 Å². The van der Waals surface area contributed by atoms with Gasteiger partial charge in [-0.1, -0.05) is 76.9 Å². The highest BCUT2D eigenvalue weighted by molar-refractivity contribution is 6.31. The summed E-state index contributed by atoms with van der Waals surface area (Å²) in [5, 5.41) is 17.6. The Morgan fingerprint density at radius 2 is 1.11 bits per heavy atom. The number of carbonyl (C=O) groups is 3. The Morgan fingerprint density at radius 3 is 1.57 bits per heavy atom. The molecule has 0 fully saturated rings. The standard InChI is InChI=1S/C48H44N4O4/c1-29-7-15-35(16-8-29)51(36-17-9-30(2)10-18-36)39-23-25-41(43(27-39)49-33(5)53)45-47(55)46(48(45)56)42-26-24-40(28-44(42)50-34(6)54)52(37-19-11-31(3)12-20-37)38-21-13-32(4)14-22-38/h7-28,41,45H,1-6H3,(H2,50,54,55,56)/p+1. The Labute approximate surface area is 327 Å². The van der Waals surface area contributed by atoms with Crippen LogP contribution in [0.4, 0.5) is 34.1 Å². The largest absolute Gasteiger partial charge is 0.511 e. The number of carbonyl (C=O) groups excluding carboxylic acids is 3. The van der Waals surface area contributed by atoms with Crippen LogP contribution in [0.15, 0.2) is 145 Å². The lowest BCUT2D eigenvalue weighted by Gasteiger charge is -2.35. The maximum Gasteiger partial charge on any atom is 0.221 e. The lowest BCUT2D eigenvalue weighted by Crippen LogP contribution is -2.41. The number of anilines is 4. The van der Waals surface area contributed by atoms with Crippen LogP contribution in [0.3, 0.4) is 0 Å². The predicted octanol–water partition coefficient (Wildman–Crippen LogP) is 10.00. The molecular weight excluding hydrogens is 697 g/mol. The summed E-state index contributed by atoms with van der Waals surface area (Å²) in [6, 6.07) is 38.2. The summed E-state index contributed by atoms with van der Waals surface area (Å²) in [5.41, 5.74) is 11.2. The molecule has 5 aromatic rings. The summed E-state index contributed by atoms with van der Waals surface area (Å²) in [6.45, 7) is 11.0. The molecule has 2 amide bonds. The van der Waals surface area contributed by atoms with E-state index in [2.05, 4.69) is 20.1 Å². The van der Waals surface area contributed by atoms with Crippen LogP contribution >= 0.6 is 0 Å².